The molecule has 1 unspecified atom stereocenters. The van der Waals surface area contributed by atoms with Crippen molar-refractivity contribution in [3.63, 3.8) is 0 Å². The van der Waals surface area contributed by atoms with E-state index in [2.05, 4.69) is 43.4 Å². The average Bonchev–Trinajstić information content (AvgIpc) is 2.30. The van der Waals surface area contributed by atoms with Gasteiger partial charge in [-0.25, -0.2) is 0 Å². The van der Waals surface area contributed by atoms with Gasteiger partial charge >= 0.3 is 0 Å². The van der Waals surface area contributed by atoms with Crippen molar-refractivity contribution in [1.29, 1.82) is 0 Å². The molecule has 16 heavy (non-hydrogen) atoms. The molecule has 0 saturated heterocycles. The lowest BCUT2D eigenvalue weighted by Gasteiger charge is -2.37. The van der Waals surface area contributed by atoms with Crippen molar-refractivity contribution in [2.24, 2.45) is 0 Å². The molecule has 0 radical (unpaired) electrons. The van der Waals surface area contributed by atoms with Gasteiger partial charge in [-0.3, -0.25) is 0 Å². The molecule has 2 heteroatoms. The van der Waals surface area contributed by atoms with Crippen LogP contribution in [0, 0.1) is 0 Å². The lowest BCUT2D eigenvalue weighted by Crippen LogP contribution is -2.47. The highest BCUT2D eigenvalue weighted by Crippen LogP contribution is 2.36. The molecule has 1 aliphatic carbocycles. The number of hydrogen-bond donors (Lipinski definition) is 1. The molecule has 2 rings (SSSR count). The highest BCUT2D eigenvalue weighted by atomic mass is 28.3. The summed E-state index contributed by atoms with van der Waals surface area (Å²) in [5.74, 6) is 0. The zero-order valence-electron chi connectivity index (χ0n) is 10.3. The van der Waals surface area contributed by atoms with E-state index in [1.807, 2.05) is 0 Å². The van der Waals surface area contributed by atoms with Crippen LogP contribution in [-0.2, 0) is 0 Å². The Hall–Kier alpha value is -0.603. The van der Waals surface area contributed by atoms with E-state index >= 15 is 0 Å². The van der Waals surface area contributed by atoms with Crippen LogP contribution < -0.4 is 5.19 Å². The molecule has 0 bridgehead atoms. The van der Waals surface area contributed by atoms with Crippen molar-refractivity contribution < 1.29 is 5.11 Å². The summed E-state index contributed by atoms with van der Waals surface area (Å²) in [5, 5.41) is 11.3. The third-order valence-electron chi connectivity index (χ3n) is 4.18. The first kappa shape index (κ1) is 11.9. The Morgan fingerprint density at radius 3 is 2.44 bits per heavy atom. The van der Waals surface area contributed by atoms with Gasteiger partial charge in [0.2, 0.25) is 0 Å². The van der Waals surface area contributed by atoms with Crippen LogP contribution in [-0.4, -0.2) is 19.3 Å². The summed E-state index contributed by atoms with van der Waals surface area (Å²) in [6, 6.07) is 10.9. The highest BCUT2D eigenvalue weighted by molar-refractivity contribution is 6.91. The fourth-order valence-corrected chi connectivity index (χ4v) is 6.23. The summed E-state index contributed by atoms with van der Waals surface area (Å²) < 4.78 is 0. The first-order chi connectivity index (χ1) is 7.60. The number of rotatable bonds is 2. The minimum atomic E-state index is -1.38. The van der Waals surface area contributed by atoms with Crippen LogP contribution in [0.5, 0.6) is 0 Å². The van der Waals surface area contributed by atoms with Crippen molar-refractivity contribution in [1.82, 2.24) is 0 Å². The van der Waals surface area contributed by atoms with Crippen molar-refractivity contribution in [2.75, 3.05) is 0 Å². The van der Waals surface area contributed by atoms with Gasteiger partial charge in [0.15, 0.2) is 0 Å². The minimum Gasteiger partial charge on any atom is -0.393 e. The maximum Gasteiger partial charge on any atom is 0.0837 e. The maximum absolute atomic E-state index is 9.81. The zero-order valence-corrected chi connectivity index (χ0v) is 11.3. The average molecular weight is 234 g/mol. The summed E-state index contributed by atoms with van der Waals surface area (Å²) in [6.07, 6.45) is 4.50. The lowest BCUT2D eigenvalue weighted by molar-refractivity contribution is 0.129. The second kappa shape index (κ2) is 4.72. The molecule has 1 aliphatic rings. The van der Waals surface area contributed by atoms with Gasteiger partial charge in [-0.05, 0) is 18.4 Å². The Labute approximate surface area is 99.5 Å². The topological polar surface area (TPSA) is 20.2 Å². The second-order valence-corrected chi connectivity index (χ2v) is 10.4. The lowest BCUT2D eigenvalue weighted by atomic mass is 9.97. The number of hydrogen-bond acceptors (Lipinski definition) is 1. The molecule has 0 aromatic heterocycles. The quantitative estimate of drug-likeness (QED) is 0.780. The van der Waals surface area contributed by atoms with Crippen LogP contribution in [0.4, 0.5) is 0 Å². The van der Waals surface area contributed by atoms with Gasteiger partial charge in [-0.1, -0.05) is 61.5 Å². The molecule has 0 spiro atoms. The molecular formula is C14H22OSi. The van der Waals surface area contributed by atoms with E-state index in [-0.39, 0.29) is 6.10 Å². The highest BCUT2D eigenvalue weighted by Gasteiger charge is 2.36. The Bertz CT molecular complexity index is 334. The summed E-state index contributed by atoms with van der Waals surface area (Å²) >= 11 is 0. The molecule has 88 valence electrons. The van der Waals surface area contributed by atoms with Crippen LogP contribution in [0.3, 0.4) is 0 Å². The molecule has 1 aromatic carbocycles. The molecular weight excluding hydrogens is 212 g/mol. The number of aliphatic hydroxyl groups is 1. The molecule has 1 N–H and O–H groups in total. The van der Waals surface area contributed by atoms with Crippen LogP contribution in [0.2, 0.25) is 18.6 Å². The first-order valence-corrected chi connectivity index (χ1v) is 9.42. The van der Waals surface area contributed by atoms with Crippen molar-refractivity contribution in [2.45, 2.75) is 50.4 Å². The molecule has 0 amide bonds. The van der Waals surface area contributed by atoms with E-state index in [1.165, 1.54) is 18.0 Å². The number of benzene rings is 1. The summed E-state index contributed by atoms with van der Waals surface area (Å²) in [4.78, 5) is 0. The van der Waals surface area contributed by atoms with Crippen molar-refractivity contribution >= 4 is 13.3 Å². The van der Waals surface area contributed by atoms with Gasteiger partial charge in [0.25, 0.3) is 0 Å². The molecule has 1 fully saturated rings. The molecule has 1 nitrogen and oxygen atoms in total. The van der Waals surface area contributed by atoms with Crippen molar-refractivity contribution in [3.05, 3.63) is 30.3 Å². The van der Waals surface area contributed by atoms with E-state index in [9.17, 15) is 5.11 Å². The third-order valence-corrected chi connectivity index (χ3v) is 8.57. The van der Waals surface area contributed by atoms with Gasteiger partial charge in [0.05, 0.1) is 14.2 Å². The van der Waals surface area contributed by atoms with Gasteiger partial charge in [-0.15, -0.1) is 0 Å². The van der Waals surface area contributed by atoms with E-state index < -0.39 is 8.07 Å². The fraction of sp³-hybridized carbons (Fsp3) is 0.571. The SMILES string of the molecule is C[Si](C)(c1ccccc1)[C@H]1CCCC(O)C1. The minimum absolute atomic E-state index is 0.0470. The van der Waals surface area contributed by atoms with E-state index in [1.54, 1.807) is 0 Å². The Balaban J connectivity index is 2.18. The standard InChI is InChI=1S/C14H22OSi/c1-16(2,13-8-4-3-5-9-13)14-10-6-7-12(15)11-14/h3-5,8-9,12,14-15H,6-7,10-11H2,1-2H3/t12?,14-/m0/s1. The fourth-order valence-electron chi connectivity index (χ4n) is 2.92. The predicted octanol–water partition coefficient (Wildman–Crippen LogP) is 2.91. The molecule has 0 heterocycles. The van der Waals surface area contributed by atoms with Gasteiger partial charge in [-0.2, -0.15) is 0 Å². The molecule has 1 saturated carbocycles. The normalized spacial score (nSPS) is 26.7. The monoisotopic (exact) mass is 234 g/mol. The Morgan fingerprint density at radius 1 is 1.12 bits per heavy atom. The summed E-state index contributed by atoms with van der Waals surface area (Å²) in [7, 11) is -1.38. The smallest absolute Gasteiger partial charge is 0.0837 e. The van der Waals surface area contributed by atoms with Gasteiger partial charge < -0.3 is 5.11 Å². The third kappa shape index (κ3) is 2.38. The van der Waals surface area contributed by atoms with Crippen LogP contribution in [0.25, 0.3) is 0 Å². The van der Waals surface area contributed by atoms with Gasteiger partial charge in [0, 0.05) is 0 Å². The molecule has 1 aromatic rings. The van der Waals surface area contributed by atoms with E-state index in [4.69, 9.17) is 0 Å². The van der Waals surface area contributed by atoms with Crippen LogP contribution in [0.15, 0.2) is 30.3 Å². The zero-order chi connectivity index (χ0) is 11.6. The molecule has 0 aliphatic heterocycles. The second-order valence-electron chi connectivity index (χ2n) is 5.61. The summed E-state index contributed by atoms with van der Waals surface area (Å²) in [6.45, 7) is 4.90. The van der Waals surface area contributed by atoms with Crippen LogP contribution >= 0.6 is 0 Å². The number of aliphatic hydroxyl groups excluding tert-OH is 1. The summed E-state index contributed by atoms with van der Waals surface area (Å²) in [5.41, 5.74) is 0.749. The predicted molar refractivity (Wildman–Crippen MR) is 71.8 cm³/mol. The molecule has 2 atom stereocenters. The Morgan fingerprint density at radius 2 is 1.81 bits per heavy atom. The van der Waals surface area contributed by atoms with E-state index in [0.717, 1.165) is 18.4 Å². The first-order valence-electron chi connectivity index (χ1n) is 6.34. The largest absolute Gasteiger partial charge is 0.393 e. The van der Waals surface area contributed by atoms with Gasteiger partial charge in [0.1, 0.15) is 0 Å². The van der Waals surface area contributed by atoms with Crippen LogP contribution in [0.1, 0.15) is 25.7 Å². The van der Waals surface area contributed by atoms with Crippen molar-refractivity contribution in [3.8, 4) is 0 Å². The van der Waals surface area contributed by atoms with E-state index in [0.29, 0.717) is 0 Å². The Kier molecular flexibility index (Phi) is 3.50. The maximum atomic E-state index is 9.81.